The number of carbonyl (C=O) groups excluding carboxylic acids is 2. The van der Waals surface area contributed by atoms with E-state index in [1.165, 1.54) is 0 Å². The van der Waals surface area contributed by atoms with E-state index in [2.05, 4.69) is 28.4 Å². The number of piperazine rings is 1. The Bertz CT molecular complexity index is 1110. The van der Waals surface area contributed by atoms with Crippen molar-refractivity contribution in [3.8, 4) is 6.07 Å². The first kappa shape index (κ1) is 21.3. The Morgan fingerprint density at radius 2 is 1.91 bits per heavy atom. The summed E-state index contributed by atoms with van der Waals surface area (Å²) in [5, 5.41) is 12.1. The van der Waals surface area contributed by atoms with Crippen LogP contribution in [0.3, 0.4) is 0 Å². The van der Waals surface area contributed by atoms with Crippen LogP contribution >= 0.6 is 0 Å². The Hall–Kier alpha value is -3.89. The molecule has 0 saturated carbocycles. The molecule has 1 fully saturated rings. The molecule has 162 valence electrons. The predicted molar refractivity (Wildman–Crippen MR) is 118 cm³/mol. The molecule has 1 aliphatic heterocycles. The van der Waals surface area contributed by atoms with Crippen LogP contribution in [0.15, 0.2) is 77.4 Å². The Kier molecular flexibility index (Phi) is 6.63. The highest BCUT2D eigenvalue weighted by Gasteiger charge is 2.35. The van der Waals surface area contributed by atoms with Crippen LogP contribution in [0, 0.1) is 11.3 Å². The van der Waals surface area contributed by atoms with Crippen molar-refractivity contribution in [1.82, 2.24) is 15.1 Å². The van der Waals surface area contributed by atoms with Gasteiger partial charge in [-0.15, -0.1) is 0 Å². The highest BCUT2D eigenvalue weighted by Crippen LogP contribution is 2.18. The Balaban J connectivity index is 1.52. The number of amides is 2. The van der Waals surface area contributed by atoms with Gasteiger partial charge in [-0.2, -0.15) is 5.26 Å². The van der Waals surface area contributed by atoms with Crippen molar-refractivity contribution < 1.29 is 14.0 Å². The van der Waals surface area contributed by atoms with Crippen molar-refractivity contribution in [1.29, 1.82) is 5.26 Å². The van der Waals surface area contributed by atoms with Crippen molar-refractivity contribution in [2.24, 2.45) is 0 Å². The minimum Gasteiger partial charge on any atom is -0.467 e. The normalized spacial score (nSPS) is 16.3. The van der Waals surface area contributed by atoms with Crippen LogP contribution < -0.4 is 5.32 Å². The van der Waals surface area contributed by atoms with E-state index in [4.69, 9.17) is 4.42 Å². The molecule has 2 aromatic carbocycles. The molecule has 7 heteroatoms. The van der Waals surface area contributed by atoms with Crippen LogP contribution in [0.1, 0.15) is 27.2 Å². The van der Waals surface area contributed by atoms with Gasteiger partial charge in [-0.25, -0.2) is 0 Å². The fourth-order valence-electron chi connectivity index (χ4n) is 3.88. The highest BCUT2D eigenvalue weighted by atomic mass is 16.3. The minimum absolute atomic E-state index is 0.232. The molecule has 1 saturated heterocycles. The third kappa shape index (κ3) is 5.05. The van der Waals surface area contributed by atoms with Crippen molar-refractivity contribution in [3.63, 3.8) is 0 Å². The molecule has 7 nitrogen and oxygen atoms in total. The number of nitrogens with zero attached hydrogens (tertiary/aromatic N) is 3. The standard InChI is InChI=1S/C25H24N4O3/c26-15-20-8-4-9-21(14-20)25(31)29-12-11-28(17-19-6-2-1-3-7-19)18-23(29)24(30)27-16-22-10-5-13-32-22/h1-10,13-14,23H,11-12,16-18H2,(H,27,30). The van der Waals surface area contributed by atoms with Gasteiger partial charge in [-0.05, 0) is 35.9 Å². The molecular weight excluding hydrogens is 404 g/mol. The number of nitriles is 1. The number of hydrogen-bond acceptors (Lipinski definition) is 5. The van der Waals surface area contributed by atoms with Crippen molar-refractivity contribution in [2.75, 3.05) is 19.6 Å². The van der Waals surface area contributed by atoms with Gasteiger partial charge in [0.25, 0.3) is 5.91 Å². The number of benzene rings is 2. The maximum Gasteiger partial charge on any atom is 0.254 e. The average molecular weight is 428 g/mol. The van der Waals surface area contributed by atoms with Gasteiger partial charge in [0.2, 0.25) is 5.91 Å². The molecule has 0 radical (unpaired) electrons. The van der Waals surface area contributed by atoms with Crippen LogP contribution in [0.5, 0.6) is 0 Å². The van der Waals surface area contributed by atoms with E-state index in [1.54, 1.807) is 47.6 Å². The van der Waals surface area contributed by atoms with Gasteiger partial charge < -0.3 is 14.6 Å². The van der Waals surface area contributed by atoms with E-state index >= 15 is 0 Å². The van der Waals surface area contributed by atoms with Crippen LogP contribution in [0.25, 0.3) is 0 Å². The maximum absolute atomic E-state index is 13.3. The lowest BCUT2D eigenvalue weighted by atomic mass is 10.1. The van der Waals surface area contributed by atoms with Gasteiger partial charge in [0, 0.05) is 31.7 Å². The van der Waals surface area contributed by atoms with E-state index in [0.29, 0.717) is 43.1 Å². The van der Waals surface area contributed by atoms with Gasteiger partial charge >= 0.3 is 0 Å². The van der Waals surface area contributed by atoms with E-state index in [9.17, 15) is 14.9 Å². The molecule has 2 heterocycles. The minimum atomic E-state index is -0.652. The summed E-state index contributed by atoms with van der Waals surface area (Å²) in [5.41, 5.74) is 1.98. The van der Waals surface area contributed by atoms with Gasteiger partial charge in [-0.1, -0.05) is 36.4 Å². The molecule has 4 rings (SSSR count). The van der Waals surface area contributed by atoms with Gasteiger partial charge in [0.15, 0.2) is 0 Å². The Morgan fingerprint density at radius 3 is 2.66 bits per heavy atom. The summed E-state index contributed by atoms with van der Waals surface area (Å²) in [5.74, 6) is 0.165. The predicted octanol–water partition coefficient (Wildman–Crippen LogP) is 2.79. The van der Waals surface area contributed by atoms with Crippen LogP contribution in [0.4, 0.5) is 0 Å². The maximum atomic E-state index is 13.3. The lowest BCUT2D eigenvalue weighted by Gasteiger charge is -2.40. The second-order valence-electron chi connectivity index (χ2n) is 7.72. The van der Waals surface area contributed by atoms with E-state index in [-0.39, 0.29) is 18.4 Å². The van der Waals surface area contributed by atoms with Gasteiger partial charge in [0.1, 0.15) is 11.8 Å². The fraction of sp³-hybridized carbons (Fsp3) is 0.240. The third-order valence-corrected chi connectivity index (χ3v) is 5.53. The zero-order chi connectivity index (χ0) is 22.3. The number of carbonyl (C=O) groups is 2. The van der Waals surface area contributed by atoms with Crippen molar-refractivity contribution in [2.45, 2.75) is 19.1 Å². The summed E-state index contributed by atoms with van der Waals surface area (Å²) in [6.07, 6.45) is 1.56. The van der Waals surface area contributed by atoms with Crippen LogP contribution in [-0.4, -0.2) is 47.3 Å². The molecule has 1 aromatic heterocycles. The molecule has 0 spiro atoms. The molecular formula is C25H24N4O3. The molecule has 2 amide bonds. The third-order valence-electron chi connectivity index (χ3n) is 5.53. The molecule has 3 aromatic rings. The Morgan fingerprint density at radius 1 is 1.06 bits per heavy atom. The first-order valence-corrected chi connectivity index (χ1v) is 10.5. The first-order valence-electron chi connectivity index (χ1n) is 10.5. The average Bonchev–Trinajstić information content (AvgIpc) is 3.36. The summed E-state index contributed by atoms with van der Waals surface area (Å²) in [6.45, 7) is 2.45. The molecule has 1 atom stereocenters. The van der Waals surface area contributed by atoms with Crippen molar-refractivity contribution >= 4 is 11.8 Å². The van der Waals surface area contributed by atoms with Gasteiger partial charge in [0.05, 0.1) is 24.4 Å². The molecule has 1 N–H and O–H groups in total. The van der Waals surface area contributed by atoms with Crippen LogP contribution in [-0.2, 0) is 17.9 Å². The van der Waals surface area contributed by atoms with Gasteiger partial charge in [-0.3, -0.25) is 14.5 Å². The first-order chi connectivity index (χ1) is 15.6. The second-order valence-corrected chi connectivity index (χ2v) is 7.72. The number of furan rings is 1. The summed E-state index contributed by atoms with van der Waals surface area (Å²) in [7, 11) is 0. The SMILES string of the molecule is N#Cc1cccc(C(=O)N2CCN(Cc3ccccc3)CC2C(=O)NCc2ccco2)c1. The Labute approximate surface area is 186 Å². The zero-order valence-corrected chi connectivity index (χ0v) is 17.6. The lowest BCUT2D eigenvalue weighted by molar-refractivity contribution is -0.128. The monoisotopic (exact) mass is 428 g/mol. The molecule has 32 heavy (non-hydrogen) atoms. The molecule has 0 aliphatic carbocycles. The van der Waals surface area contributed by atoms with E-state index in [1.807, 2.05) is 18.2 Å². The highest BCUT2D eigenvalue weighted by molar-refractivity contribution is 5.98. The van der Waals surface area contributed by atoms with Crippen LogP contribution in [0.2, 0.25) is 0 Å². The topological polar surface area (TPSA) is 89.6 Å². The summed E-state index contributed by atoms with van der Waals surface area (Å²) in [4.78, 5) is 30.2. The number of nitrogens with one attached hydrogen (secondary N) is 1. The smallest absolute Gasteiger partial charge is 0.254 e. The molecule has 1 aliphatic rings. The second kappa shape index (κ2) is 9.94. The zero-order valence-electron chi connectivity index (χ0n) is 17.6. The molecule has 0 bridgehead atoms. The van der Waals surface area contributed by atoms with E-state index < -0.39 is 6.04 Å². The number of rotatable bonds is 6. The largest absolute Gasteiger partial charge is 0.467 e. The quantitative estimate of drug-likeness (QED) is 0.652. The van der Waals surface area contributed by atoms with Crippen molar-refractivity contribution in [3.05, 3.63) is 95.4 Å². The molecule has 1 unspecified atom stereocenters. The number of hydrogen-bond donors (Lipinski definition) is 1. The fourth-order valence-corrected chi connectivity index (χ4v) is 3.88. The summed E-state index contributed by atoms with van der Waals surface area (Å²) in [6, 6.07) is 21.6. The lowest BCUT2D eigenvalue weighted by Crippen LogP contribution is -2.60. The summed E-state index contributed by atoms with van der Waals surface area (Å²) >= 11 is 0. The van der Waals surface area contributed by atoms with E-state index in [0.717, 1.165) is 5.56 Å². The summed E-state index contributed by atoms with van der Waals surface area (Å²) < 4.78 is 5.30.